The molecule has 0 saturated carbocycles. The maximum absolute atomic E-state index is 4.64. The molecule has 4 nitrogen and oxygen atoms in total. The number of hydrogen-bond donors (Lipinski definition) is 1. The number of aromatic nitrogens is 3. The van der Waals surface area contributed by atoms with Crippen LogP contribution in [0.2, 0.25) is 0 Å². The first-order chi connectivity index (χ1) is 10.3. The third-order valence-corrected chi connectivity index (χ3v) is 4.13. The molecule has 2 heterocycles. The average Bonchev–Trinajstić information content (AvgIpc) is 2.92. The lowest BCUT2D eigenvalue weighted by molar-refractivity contribution is 0.427. The molecule has 4 heteroatoms. The highest BCUT2D eigenvalue weighted by atomic mass is 15.0. The third kappa shape index (κ3) is 2.95. The smallest absolute Gasteiger partial charge is 0.125 e. The van der Waals surface area contributed by atoms with Gasteiger partial charge in [0.05, 0.1) is 11.7 Å². The zero-order chi connectivity index (χ0) is 14.7. The summed E-state index contributed by atoms with van der Waals surface area (Å²) in [5, 5.41) is 3.67. The Kier molecular flexibility index (Phi) is 4.25. The van der Waals surface area contributed by atoms with Crippen LogP contribution >= 0.6 is 0 Å². The monoisotopic (exact) mass is 282 g/mol. The van der Waals surface area contributed by atoms with Gasteiger partial charge in [0.1, 0.15) is 5.82 Å². The quantitative estimate of drug-likeness (QED) is 0.916. The highest BCUT2D eigenvalue weighted by Crippen LogP contribution is 2.39. The van der Waals surface area contributed by atoms with Crippen molar-refractivity contribution >= 4 is 0 Å². The van der Waals surface area contributed by atoms with Crippen molar-refractivity contribution in [3.05, 3.63) is 53.4 Å². The van der Waals surface area contributed by atoms with Crippen molar-refractivity contribution in [3.63, 3.8) is 0 Å². The van der Waals surface area contributed by atoms with Crippen LogP contribution in [0.4, 0.5) is 0 Å². The first-order valence-corrected chi connectivity index (χ1v) is 7.76. The largest absolute Gasteiger partial charge is 0.308 e. The van der Waals surface area contributed by atoms with E-state index in [1.807, 2.05) is 31.5 Å². The first-order valence-electron chi connectivity index (χ1n) is 7.76. The van der Waals surface area contributed by atoms with Gasteiger partial charge in [-0.3, -0.25) is 4.98 Å². The zero-order valence-corrected chi connectivity index (χ0v) is 12.7. The molecule has 0 saturated heterocycles. The summed E-state index contributed by atoms with van der Waals surface area (Å²) in [6.07, 6.45) is 7.12. The van der Waals surface area contributed by atoms with Gasteiger partial charge < -0.3 is 5.32 Å². The Morgan fingerprint density at radius 2 is 2.19 bits per heavy atom. The second-order valence-corrected chi connectivity index (χ2v) is 5.65. The maximum atomic E-state index is 4.64. The zero-order valence-electron chi connectivity index (χ0n) is 12.7. The Balaban J connectivity index is 1.93. The van der Waals surface area contributed by atoms with Gasteiger partial charge in [0, 0.05) is 24.0 Å². The third-order valence-electron chi connectivity index (χ3n) is 4.13. The van der Waals surface area contributed by atoms with E-state index in [4.69, 9.17) is 0 Å². The Labute approximate surface area is 126 Å². The molecule has 110 valence electrons. The van der Waals surface area contributed by atoms with Crippen LogP contribution in [-0.4, -0.2) is 21.5 Å². The molecule has 0 amide bonds. The van der Waals surface area contributed by atoms with Crippen LogP contribution in [0.1, 0.15) is 54.5 Å². The molecule has 2 aromatic rings. The molecular weight excluding hydrogens is 260 g/mol. The molecule has 0 radical (unpaired) electrons. The van der Waals surface area contributed by atoms with Gasteiger partial charge in [0.15, 0.2) is 0 Å². The average molecular weight is 282 g/mol. The molecule has 1 N–H and O–H groups in total. The molecule has 1 aliphatic carbocycles. The van der Waals surface area contributed by atoms with Crippen molar-refractivity contribution in [2.45, 2.75) is 45.1 Å². The van der Waals surface area contributed by atoms with Crippen molar-refractivity contribution in [1.82, 2.24) is 20.3 Å². The number of pyridine rings is 1. The molecule has 3 rings (SSSR count). The highest BCUT2D eigenvalue weighted by molar-refractivity contribution is 5.31. The van der Waals surface area contributed by atoms with Crippen molar-refractivity contribution < 1.29 is 0 Å². The second kappa shape index (κ2) is 6.31. The molecular formula is C17H22N4. The fourth-order valence-corrected chi connectivity index (χ4v) is 3.17. The molecule has 2 aromatic heterocycles. The molecule has 2 unspecified atom stereocenters. The molecule has 0 aromatic carbocycles. The summed E-state index contributed by atoms with van der Waals surface area (Å²) in [5.41, 5.74) is 3.71. The van der Waals surface area contributed by atoms with E-state index in [0.717, 1.165) is 37.3 Å². The molecule has 0 spiro atoms. The standard InChI is InChI=1S/C17H22N4/c1-3-9-19-17(15-8-11-18-12(2)21-15)14-7-6-13-5-4-10-20-16(13)14/h4-5,8,10-11,14,17,19H,3,6-7,9H2,1-2H3. The fraction of sp³-hybridized carbons (Fsp3) is 0.471. The minimum atomic E-state index is 0.225. The van der Waals surface area contributed by atoms with Gasteiger partial charge in [-0.15, -0.1) is 0 Å². The van der Waals surface area contributed by atoms with Crippen molar-refractivity contribution in [2.75, 3.05) is 6.54 Å². The van der Waals surface area contributed by atoms with Crippen LogP contribution in [0.3, 0.4) is 0 Å². The number of hydrogen-bond acceptors (Lipinski definition) is 4. The topological polar surface area (TPSA) is 50.7 Å². The van der Waals surface area contributed by atoms with E-state index in [2.05, 4.69) is 33.3 Å². The van der Waals surface area contributed by atoms with Crippen molar-refractivity contribution in [1.29, 1.82) is 0 Å². The Hall–Kier alpha value is -1.81. The molecule has 0 aliphatic heterocycles. The van der Waals surface area contributed by atoms with E-state index >= 15 is 0 Å². The Bertz CT molecular complexity index is 611. The van der Waals surface area contributed by atoms with Crippen molar-refractivity contribution in [2.24, 2.45) is 0 Å². The van der Waals surface area contributed by atoms with E-state index < -0.39 is 0 Å². The van der Waals surface area contributed by atoms with Crippen LogP contribution in [0, 0.1) is 6.92 Å². The van der Waals surface area contributed by atoms with Gasteiger partial charge >= 0.3 is 0 Å². The predicted molar refractivity (Wildman–Crippen MR) is 83.1 cm³/mol. The summed E-state index contributed by atoms with van der Waals surface area (Å²) in [7, 11) is 0. The highest BCUT2D eigenvalue weighted by Gasteiger charge is 2.32. The van der Waals surface area contributed by atoms with Gasteiger partial charge in [0.25, 0.3) is 0 Å². The van der Waals surface area contributed by atoms with Crippen LogP contribution in [0.5, 0.6) is 0 Å². The Morgan fingerprint density at radius 1 is 1.29 bits per heavy atom. The SMILES string of the molecule is CCCNC(c1ccnc(C)n1)C1CCc2cccnc21. The lowest BCUT2D eigenvalue weighted by Gasteiger charge is -2.24. The van der Waals surface area contributed by atoms with E-state index in [1.165, 1.54) is 11.3 Å². The molecule has 2 atom stereocenters. The van der Waals surface area contributed by atoms with Crippen LogP contribution < -0.4 is 5.32 Å². The lowest BCUT2D eigenvalue weighted by atomic mass is 9.93. The summed E-state index contributed by atoms with van der Waals surface area (Å²) < 4.78 is 0. The molecule has 1 aliphatic rings. The number of aryl methyl sites for hydroxylation is 2. The van der Waals surface area contributed by atoms with Gasteiger partial charge in [-0.25, -0.2) is 9.97 Å². The van der Waals surface area contributed by atoms with Crippen LogP contribution in [0.25, 0.3) is 0 Å². The minimum absolute atomic E-state index is 0.225. The van der Waals surface area contributed by atoms with Crippen LogP contribution in [0.15, 0.2) is 30.6 Å². The van der Waals surface area contributed by atoms with Crippen molar-refractivity contribution in [3.8, 4) is 0 Å². The summed E-state index contributed by atoms with van der Waals surface area (Å²) >= 11 is 0. The maximum Gasteiger partial charge on any atom is 0.125 e. The summed E-state index contributed by atoms with van der Waals surface area (Å²) in [5.74, 6) is 1.23. The fourth-order valence-electron chi connectivity index (χ4n) is 3.17. The number of nitrogens with one attached hydrogen (secondary N) is 1. The molecule has 0 fully saturated rings. The van der Waals surface area contributed by atoms with E-state index in [-0.39, 0.29) is 6.04 Å². The van der Waals surface area contributed by atoms with Gasteiger partial charge in [-0.05, 0) is 50.4 Å². The van der Waals surface area contributed by atoms with E-state index in [9.17, 15) is 0 Å². The summed E-state index contributed by atoms with van der Waals surface area (Å²) in [4.78, 5) is 13.5. The molecule has 21 heavy (non-hydrogen) atoms. The summed E-state index contributed by atoms with van der Waals surface area (Å²) in [6, 6.07) is 6.48. The van der Waals surface area contributed by atoms with E-state index in [0.29, 0.717) is 5.92 Å². The predicted octanol–water partition coefficient (Wildman–Crippen LogP) is 2.95. The van der Waals surface area contributed by atoms with Gasteiger partial charge in [-0.2, -0.15) is 0 Å². The van der Waals surface area contributed by atoms with Gasteiger partial charge in [0.2, 0.25) is 0 Å². The van der Waals surface area contributed by atoms with Crippen LogP contribution in [-0.2, 0) is 6.42 Å². The second-order valence-electron chi connectivity index (χ2n) is 5.65. The number of nitrogens with zero attached hydrogens (tertiary/aromatic N) is 3. The normalized spacial score (nSPS) is 18.5. The molecule has 0 bridgehead atoms. The lowest BCUT2D eigenvalue weighted by Crippen LogP contribution is -2.28. The number of rotatable bonds is 5. The minimum Gasteiger partial charge on any atom is -0.308 e. The number of fused-ring (bicyclic) bond motifs is 1. The Morgan fingerprint density at radius 3 is 3.00 bits per heavy atom. The summed E-state index contributed by atoms with van der Waals surface area (Å²) in [6.45, 7) is 5.13. The van der Waals surface area contributed by atoms with E-state index in [1.54, 1.807) is 0 Å². The van der Waals surface area contributed by atoms with Gasteiger partial charge in [-0.1, -0.05) is 13.0 Å². The first kappa shape index (κ1) is 14.1.